The smallest absolute Gasteiger partial charge is 0.287 e. The highest BCUT2D eigenvalue weighted by Crippen LogP contribution is 2.56. The second kappa shape index (κ2) is 9.51. The summed E-state index contributed by atoms with van der Waals surface area (Å²) in [6.45, 7) is 16.2. The van der Waals surface area contributed by atoms with Gasteiger partial charge in [0.15, 0.2) is 0 Å². The molecule has 0 aliphatic heterocycles. The van der Waals surface area contributed by atoms with Gasteiger partial charge in [-0.15, -0.1) is 0 Å². The van der Waals surface area contributed by atoms with Crippen molar-refractivity contribution in [3.8, 4) is 0 Å². The van der Waals surface area contributed by atoms with Crippen LogP contribution < -0.4 is 0 Å². The van der Waals surface area contributed by atoms with E-state index in [0.29, 0.717) is 33.4 Å². The molecule has 0 aliphatic rings. The van der Waals surface area contributed by atoms with Gasteiger partial charge in [-0.2, -0.15) is 0 Å². The van der Waals surface area contributed by atoms with Crippen LogP contribution in [-0.4, -0.2) is 16.6 Å². The summed E-state index contributed by atoms with van der Waals surface area (Å²) >= 11 is 0. The molecule has 5 heteroatoms. The van der Waals surface area contributed by atoms with E-state index >= 15 is 0 Å². The minimum atomic E-state index is -4.78. The quantitative estimate of drug-likeness (QED) is 0.334. The first-order chi connectivity index (χ1) is 16.2. The molecule has 0 heterocycles. The van der Waals surface area contributed by atoms with Crippen molar-refractivity contribution in [3.05, 3.63) is 103 Å². The fraction of sp³-hybridized carbons (Fsp3) is 0.300. The van der Waals surface area contributed by atoms with Crippen LogP contribution in [0.15, 0.2) is 36.4 Å². The van der Waals surface area contributed by atoms with Gasteiger partial charge in [-0.1, -0.05) is 53.1 Å². The molecule has 0 fully saturated rings. The molecule has 0 unspecified atom stereocenters. The highest BCUT2D eigenvalue weighted by atomic mass is 31.2. The molecule has 35 heavy (non-hydrogen) atoms. The molecule has 0 spiro atoms. The van der Waals surface area contributed by atoms with Crippen LogP contribution in [0, 0.1) is 62.3 Å². The SMILES string of the molecule is Cc1cc(C)c(C(=O)P(=O)(C(=O)c2c(C)cc(C)cc2C)C(=O)c2c(C)cc(C)cc2C)c(C)c1. The van der Waals surface area contributed by atoms with Crippen LogP contribution in [0.3, 0.4) is 0 Å². The van der Waals surface area contributed by atoms with Gasteiger partial charge in [0.25, 0.3) is 7.14 Å². The molecular formula is C30H33O4P. The standard InChI is InChI=1S/C30H33O4P/c1-16-10-19(4)25(20(5)11-16)28(31)35(34,29(32)26-21(6)12-17(2)13-22(26)7)30(33)27-23(8)14-18(3)15-24(27)9/h10-15H,1-9H3. The molecular weight excluding hydrogens is 455 g/mol. The minimum Gasteiger partial charge on any atom is -0.298 e. The van der Waals surface area contributed by atoms with Gasteiger partial charge in [-0.05, 0) is 95.7 Å². The Morgan fingerprint density at radius 2 is 0.600 bits per heavy atom. The Kier molecular flexibility index (Phi) is 7.20. The van der Waals surface area contributed by atoms with Crippen molar-refractivity contribution in [2.75, 3.05) is 0 Å². The third-order valence-corrected chi connectivity index (χ3v) is 8.92. The van der Waals surface area contributed by atoms with E-state index in [-0.39, 0.29) is 16.7 Å². The van der Waals surface area contributed by atoms with E-state index in [1.54, 1.807) is 41.5 Å². The molecule has 0 atom stereocenters. The van der Waals surface area contributed by atoms with Crippen LogP contribution in [-0.2, 0) is 4.57 Å². The first-order valence-corrected chi connectivity index (χ1v) is 13.4. The molecule has 0 aliphatic carbocycles. The predicted molar refractivity (Wildman–Crippen MR) is 143 cm³/mol. The van der Waals surface area contributed by atoms with Gasteiger partial charge in [0.1, 0.15) is 0 Å². The molecule has 0 saturated heterocycles. The Morgan fingerprint density at radius 1 is 0.429 bits per heavy atom. The fourth-order valence-corrected chi connectivity index (χ4v) is 7.86. The number of aryl methyl sites for hydroxylation is 9. The van der Waals surface area contributed by atoms with Gasteiger partial charge in [0.2, 0.25) is 16.6 Å². The Morgan fingerprint density at radius 3 is 0.771 bits per heavy atom. The molecule has 0 N–H and O–H groups in total. The van der Waals surface area contributed by atoms with Crippen molar-refractivity contribution < 1.29 is 18.9 Å². The van der Waals surface area contributed by atoms with E-state index in [1.165, 1.54) is 0 Å². The Hall–Kier alpha value is -3.10. The molecule has 0 saturated carbocycles. The van der Waals surface area contributed by atoms with Crippen LogP contribution >= 0.6 is 7.14 Å². The maximum atomic E-state index is 14.8. The van der Waals surface area contributed by atoms with Gasteiger partial charge in [-0.3, -0.25) is 18.9 Å². The Balaban J connectivity index is 2.39. The normalized spacial score (nSPS) is 11.5. The average molecular weight is 489 g/mol. The summed E-state index contributed by atoms with van der Waals surface area (Å²) < 4.78 is 14.8. The largest absolute Gasteiger partial charge is 0.298 e. The predicted octanol–water partition coefficient (Wildman–Crippen LogP) is 7.65. The van der Waals surface area contributed by atoms with Crippen molar-refractivity contribution in [3.63, 3.8) is 0 Å². The molecule has 3 aromatic carbocycles. The summed E-state index contributed by atoms with van der Waals surface area (Å²) in [5.74, 6) is 0. The lowest BCUT2D eigenvalue weighted by Gasteiger charge is -2.21. The number of rotatable bonds is 6. The zero-order valence-corrected chi connectivity index (χ0v) is 22.9. The van der Waals surface area contributed by atoms with E-state index in [9.17, 15) is 18.9 Å². The first kappa shape index (κ1) is 26.5. The summed E-state index contributed by atoms with van der Waals surface area (Å²) in [5.41, 5.74) is 4.33. The Bertz CT molecular complexity index is 1220. The molecule has 3 rings (SSSR count). The second-order valence-electron chi connectivity index (χ2n) is 9.85. The molecule has 0 aromatic heterocycles. The summed E-state index contributed by atoms with van der Waals surface area (Å²) in [6.07, 6.45) is 0. The van der Waals surface area contributed by atoms with Crippen LogP contribution in [0.1, 0.15) is 81.1 Å². The molecule has 182 valence electrons. The fourth-order valence-electron chi connectivity index (χ4n) is 5.30. The van der Waals surface area contributed by atoms with Gasteiger partial charge in [0, 0.05) is 16.7 Å². The van der Waals surface area contributed by atoms with Crippen molar-refractivity contribution in [1.29, 1.82) is 0 Å². The maximum absolute atomic E-state index is 14.8. The van der Waals surface area contributed by atoms with Crippen molar-refractivity contribution >= 4 is 23.7 Å². The molecule has 0 amide bonds. The monoisotopic (exact) mass is 488 g/mol. The van der Waals surface area contributed by atoms with Gasteiger partial charge < -0.3 is 0 Å². The van der Waals surface area contributed by atoms with E-state index in [1.807, 2.05) is 57.2 Å². The molecule has 4 nitrogen and oxygen atoms in total. The third kappa shape index (κ3) is 4.60. The van der Waals surface area contributed by atoms with Gasteiger partial charge >= 0.3 is 0 Å². The third-order valence-electron chi connectivity index (χ3n) is 6.53. The summed E-state index contributed by atoms with van der Waals surface area (Å²) in [4.78, 5) is 42.4. The summed E-state index contributed by atoms with van der Waals surface area (Å²) in [6, 6.07) is 10.9. The van der Waals surface area contributed by atoms with Crippen LogP contribution in [0.2, 0.25) is 0 Å². The minimum absolute atomic E-state index is 0.186. The lowest BCUT2D eigenvalue weighted by Crippen LogP contribution is -2.22. The van der Waals surface area contributed by atoms with Crippen LogP contribution in [0.5, 0.6) is 0 Å². The summed E-state index contributed by atoms with van der Waals surface area (Å²) in [7, 11) is -4.78. The van der Waals surface area contributed by atoms with Crippen molar-refractivity contribution in [1.82, 2.24) is 0 Å². The zero-order chi connectivity index (χ0) is 26.4. The number of carbonyl (C=O) groups excluding carboxylic acids is 3. The maximum Gasteiger partial charge on any atom is 0.287 e. The van der Waals surface area contributed by atoms with Crippen LogP contribution in [0.4, 0.5) is 0 Å². The van der Waals surface area contributed by atoms with E-state index in [4.69, 9.17) is 0 Å². The average Bonchev–Trinajstić information content (AvgIpc) is 2.70. The number of hydrogen-bond acceptors (Lipinski definition) is 4. The lowest BCUT2D eigenvalue weighted by atomic mass is 10.0. The Labute approximate surface area is 208 Å². The van der Waals surface area contributed by atoms with E-state index < -0.39 is 23.7 Å². The van der Waals surface area contributed by atoms with Gasteiger partial charge in [0.05, 0.1) is 0 Å². The lowest BCUT2D eigenvalue weighted by molar-refractivity contribution is 0.100. The zero-order valence-electron chi connectivity index (χ0n) is 22.0. The number of hydrogen-bond donors (Lipinski definition) is 0. The number of benzene rings is 3. The van der Waals surface area contributed by atoms with E-state index in [0.717, 1.165) is 16.7 Å². The number of carbonyl (C=O) groups is 3. The van der Waals surface area contributed by atoms with Crippen molar-refractivity contribution in [2.45, 2.75) is 62.3 Å². The molecule has 0 bridgehead atoms. The highest BCUT2D eigenvalue weighted by Gasteiger charge is 2.50. The highest BCUT2D eigenvalue weighted by molar-refractivity contribution is 8.07. The topological polar surface area (TPSA) is 68.3 Å². The molecule has 0 radical (unpaired) electrons. The summed E-state index contributed by atoms with van der Waals surface area (Å²) in [5, 5.41) is 0. The first-order valence-electron chi connectivity index (χ1n) is 11.7. The second-order valence-corrected chi connectivity index (χ2v) is 12.3. The van der Waals surface area contributed by atoms with Gasteiger partial charge in [-0.25, -0.2) is 0 Å². The van der Waals surface area contributed by atoms with Crippen LogP contribution in [0.25, 0.3) is 0 Å². The molecule has 3 aromatic rings. The van der Waals surface area contributed by atoms with E-state index in [2.05, 4.69) is 0 Å². The van der Waals surface area contributed by atoms with Crippen molar-refractivity contribution in [2.24, 2.45) is 0 Å².